The maximum Gasteiger partial charge on any atom is 0.222 e. The molecule has 1 fully saturated rings. The Bertz CT molecular complexity index is 754. The van der Waals surface area contributed by atoms with E-state index < -0.39 is 0 Å². The van der Waals surface area contributed by atoms with E-state index in [9.17, 15) is 9.18 Å². The second-order valence-electron chi connectivity index (χ2n) is 6.76. The van der Waals surface area contributed by atoms with Gasteiger partial charge in [-0.05, 0) is 51.5 Å². The van der Waals surface area contributed by atoms with E-state index in [1.165, 1.54) is 12.1 Å². The molecule has 3 rings (SSSR count). The fraction of sp³-hybridized carbons (Fsp3) is 0.474. The molecular weight excluding hydrogens is 319 g/mol. The number of nitrogens with zero attached hydrogens (tertiary/aromatic N) is 3. The Morgan fingerprint density at radius 2 is 2.00 bits per heavy atom. The van der Waals surface area contributed by atoms with Crippen LogP contribution in [0.5, 0.6) is 0 Å². The van der Waals surface area contributed by atoms with Crippen LogP contribution >= 0.6 is 0 Å². The zero-order valence-corrected chi connectivity index (χ0v) is 15.1. The van der Waals surface area contributed by atoms with Crippen molar-refractivity contribution in [3.8, 4) is 5.69 Å². The summed E-state index contributed by atoms with van der Waals surface area (Å²) < 4.78 is 15.0. The Morgan fingerprint density at radius 1 is 1.28 bits per heavy atom. The van der Waals surface area contributed by atoms with Gasteiger partial charge >= 0.3 is 0 Å². The van der Waals surface area contributed by atoms with Gasteiger partial charge in [-0.25, -0.2) is 9.07 Å². The van der Waals surface area contributed by atoms with Gasteiger partial charge in [-0.2, -0.15) is 5.10 Å². The number of rotatable bonds is 6. The highest BCUT2D eigenvalue weighted by atomic mass is 19.1. The summed E-state index contributed by atoms with van der Waals surface area (Å²) >= 11 is 0. The topological polar surface area (TPSA) is 50.2 Å². The first-order chi connectivity index (χ1) is 12.0. The van der Waals surface area contributed by atoms with Crippen LogP contribution in [0.3, 0.4) is 0 Å². The minimum Gasteiger partial charge on any atom is -0.341 e. The Morgan fingerprint density at radius 3 is 2.64 bits per heavy atom. The third kappa shape index (κ3) is 3.90. The Hall–Kier alpha value is -2.21. The molecule has 6 heteroatoms. The number of halogens is 1. The molecule has 5 nitrogen and oxygen atoms in total. The lowest BCUT2D eigenvalue weighted by molar-refractivity contribution is -0.127. The first kappa shape index (κ1) is 17.6. The van der Waals surface area contributed by atoms with Gasteiger partial charge in [-0.1, -0.05) is 0 Å². The second kappa shape index (κ2) is 7.35. The van der Waals surface area contributed by atoms with Crippen LogP contribution in [0.25, 0.3) is 5.69 Å². The van der Waals surface area contributed by atoms with Gasteiger partial charge in [0, 0.05) is 43.4 Å². The molecule has 1 saturated heterocycles. The lowest BCUT2D eigenvalue weighted by Gasteiger charge is -2.21. The maximum atomic E-state index is 13.1. The molecule has 0 radical (unpaired) electrons. The van der Waals surface area contributed by atoms with Gasteiger partial charge in [-0.15, -0.1) is 0 Å². The summed E-state index contributed by atoms with van der Waals surface area (Å²) in [7, 11) is 0. The molecule has 1 N–H and O–H groups in total. The molecule has 1 aromatic heterocycles. The van der Waals surface area contributed by atoms with E-state index in [4.69, 9.17) is 0 Å². The second-order valence-corrected chi connectivity index (χ2v) is 6.76. The van der Waals surface area contributed by atoms with Gasteiger partial charge < -0.3 is 10.2 Å². The van der Waals surface area contributed by atoms with Crippen LogP contribution in [-0.4, -0.2) is 39.7 Å². The quantitative estimate of drug-likeness (QED) is 0.877. The highest BCUT2D eigenvalue weighted by Crippen LogP contribution is 2.18. The number of likely N-dealkylation sites (tertiary alicyclic amines) is 1. The van der Waals surface area contributed by atoms with Gasteiger partial charge in [0.2, 0.25) is 5.91 Å². The van der Waals surface area contributed by atoms with E-state index in [1.807, 2.05) is 23.4 Å². The minimum absolute atomic E-state index is 0.218. The van der Waals surface area contributed by atoms with E-state index >= 15 is 0 Å². The number of aryl methyl sites for hydroxylation is 1. The van der Waals surface area contributed by atoms with Crippen molar-refractivity contribution in [3.05, 3.63) is 47.0 Å². The average molecular weight is 344 g/mol. The van der Waals surface area contributed by atoms with E-state index in [2.05, 4.69) is 17.3 Å². The zero-order chi connectivity index (χ0) is 18.0. The zero-order valence-electron chi connectivity index (χ0n) is 15.1. The van der Waals surface area contributed by atoms with Crippen molar-refractivity contribution >= 4 is 5.91 Å². The number of carbonyl (C=O) groups excluding carboxylic acids is 1. The molecule has 0 saturated carbocycles. The molecule has 0 aliphatic carbocycles. The number of nitrogens with one attached hydrogen (secondary N) is 1. The normalized spacial score (nSPS) is 15.8. The molecule has 1 unspecified atom stereocenters. The molecule has 1 atom stereocenters. The summed E-state index contributed by atoms with van der Waals surface area (Å²) in [6.45, 7) is 8.41. The molecule has 2 heterocycles. The summed E-state index contributed by atoms with van der Waals surface area (Å²) in [6, 6.07) is 6.56. The lowest BCUT2D eigenvalue weighted by atomic mass is 10.2. The van der Waals surface area contributed by atoms with Crippen LogP contribution in [0.4, 0.5) is 4.39 Å². The third-order valence-electron chi connectivity index (χ3n) is 4.81. The van der Waals surface area contributed by atoms with Crippen LogP contribution in [0.2, 0.25) is 0 Å². The van der Waals surface area contributed by atoms with E-state index in [0.717, 1.165) is 42.1 Å². The van der Waals surface area contributed by atoms with Crippen LogP contribution in [0.15, 0.2) is 24.3 Å². The lowest BCUT2D eigenvalue weighted by Crippen LogP contribution is -2.39. The van der Waals surface area contributed by atoms with Crippen LogP contribution < -0.4 is 5.32 Å². The fourth-order valence-corrected chi connectivity index (χ4v) is 3.33. The molecular formula is C19H25FN4O. The van der Waals surface area contributed by atoms with Gasteiger partial charge in [0.15, 0.2) is 0 Å². The molecule has 1 aromatic carbocycles. The third-order valence-corrected chi connectivity index (χ3v) is 4.81. The first-order valence-corrected chi connectivity index (χ1v) is 8.78. The molecule has 1 aliphatic rings. The van der Waals surface area contributed by atoms with E-state index in [1.54, 1.807) is 12.1 Å². The summed E-state index contributed by atoms with van der Waals surface area (Å²) in [5, 5.41) is 8.09. The molecule has 1 amide bonds. The molecule has 2 aromatic rings. The molecule has 25 heavy (non-hydrogen) atoms. The number of amides is 1. The summed E-state index contributed by atoms with van der Waals surface area (Å²) in [5.74, 6) is 0.00240. The van der Waals surface area contributed by atoms with Crippen molar-refractivity contribution < 1.29 is 9.18 Å². The highest BCUT2D eigenvalue weighted by molar-refractivity contribution is 5.78. The molecule has 1 aliphatic heterocycles. The highest BCUT2D eigenvalue weighted by Gasteiger charge is 2.22. The van der Waals surface area contributed by atoms with Crippen molar-refractivity contribution in [2.75, 3.05) is 13.1 Å². The van der Waals surface area contributed by atoms with Gasteiger partial charge in [0.05, 0.1) is 11.4 Å². The SMILES string of the molecule is Cc1nn(-c2ccc(F)cc2)c(C)c1CNC(C)CN1CCCC1=O. The summed E-state index contributed by atoms with van der Waals surface area (Å²) in [4.78, 5) is 13.7. The van der Waals surface area contributed by atoms with Gasteiger partial charge in [0.25, 0.3) is 0 Å². The summed E-state index contributed by atoms with van der Waals surface area (Å²) in [5.41, 5.74) is 3.99. The first-order valence-electron chi connectivity index (χ1n) is 8.78. The Balaban J connectivity index is 1.66. The van der Waals surface area contributed by atoms with Crippen molar-refractivity contribution in [2.24, 2.45) is 0 Å². The maximum absolute atomic E-state index is 13.1. The number of benzene rings is 1. The monoisotopic (exact) mass is 344 g/mol. The van der Waals surface area contributed by atoms with Crippen molar-refractivity contribution in [3.63, 3.8) is 0 Å². The summed E-state index contributed by atoms with van der Waals surface area (Å²) in [6.07, 6.45) is 1.64. The van der Waals surface area contributed by atoms with Crippen LogP contribution in [-0.2, 0) is 11.3 Å². The predicted molar refractivity (Wildman–Crippen MR) is 95.1 cm³/mol. The van der Waals surface area contributed by atoms with Crippen LogP contribution in [0, 0.1) is 19.7 Å². The van der Waals surface area contributed by atoms with E-state index in [-0.39, 0.29) is 17.8 Å². The fourth-order valence-electron chi connectivity index (χ4n) is 3.33. The Kier molecular flexibility index (Phi) is 5.18. The van der Waals surface area contributed by atoms with Crippen LogP contribution in [0.1, 0.15) is 36.7 Å². The molecule has 0 spiro atoms. The average Bonchev–Trinajstić information content (AvgIpc) is 3.10. The van der Waals surface area contributed by atoms with Gasteiger partial charge in [-0.3, -0.25) is 4.79 Å². The van der Waals surface area contributed by atoms with Crippen molar-refractivity contribution in [2.45, 2.75) is 46.2 Å². The number of carbonyl (C=O) groups is 1. The minimum atomic E-state index is -0.252. The standard InChI is InChI=1S/C19H25FN4O/c1-13(12-23-10-4-5-19(23)25)21-11-18-14(2)22-24(15(18)3)17-8-6-16(20)7-9-17/h6-9,13,21H,4-5,10-12H2,1-3H3. The smallest absolute Gasteiger partial charge is 0.222 e. The number of hydrogen-bond donors (Lipinski definition) is 1. The van der Waals surface area contributed by atoms with E-state index in [0.29, 0.717) is 13.0 Å². The Labute approximate surface area is 147 Å². The van der Waals surface area contributed by atoms with Gasteiger partial charge in [0.1, 0.15) is 5.82 Å². The number of aromatic nitrogens is 2. The predicted octanol–water partition coefficient (Wildman–Crippen LogP) is 2.73. The molecule has 0 bridgehead atoms. The van der Waals surface area contributed by atoms with Crippen molar-refractivity contribution in [1.82, 2.24) is 20.0 Å². The largest absolute Gasteiger partial charge is 0.341 e. The molecule has 134 valence electrons. The van der Waals surface area contributed by atoms with Crippen molar-refractivity contribution in [1.29, 1.82) is 0 Å². The number of hydrogen-bond acceptors (Lipinski definition) is 3.